The largest absolute Gasteiger partial charge is 0.383 e. The van der Waals surface area contributed by atoms with Crippen molar-refractivity contribution in [3.05, 3.63) is 35.6 Å². The summed E-state index contributed by atoms with van der Waals surface area (Å²) in [6, 6.07) is 5.94. The summed E-state index contributed by atoms with van der Waals surface area (Å²) in [4.78, 5) is 24.7. The van der Waals surface area contributed by atoms with Crippen LogP contribution in [0.25, 0.3) is 0 Å². The lowest BCUT2D eigenvalue weighted by Gasteiger charge is -2.20. The van der Waals surface area contributed by atoms with Gasteiger partial charge < -0.3 is 15.0 Å². The van der Waals surface area contributed by atoms with Gasteiger partial charge in [0.25, 0.3) is 0 Å². The van der Waals surface area contributed by atoms with E-state index in [0.717, 1.165) is 0 Å². The van der Waals surface area contributed by atoms with Crippen LogP contribution in [0.1, 0.15) is 12.5 Å². The number of methoxy groups -OCH3 is 1. The summed E-state index contributed by atoms with van der Waals surface area (Å²) in [6.07, 6.45) is 0.121. The Hall–Kier alpha value is -1.95. The van der Waals surface area contributed by atoms with Crippen LogP contribution in [0.15, 0.2) is 24.3 Å². The van der Waals surface area contributed by atoms with E-state index in [-0.39, 0.29) is 24.1 Å². The zero-order valence-corrected chi connectivity index (χ0v) is 12.4. The highest BCUT2D eigenvalue weighted by Gasteiger charge is 2.09. The second-order valence-electron chi connectivity index (χ2n) is 4.66. The average molecular weight is 296 g/mol. The van der Waals surface area contributed by atoms with Crippen LogP contribution in [0, 0.1) is 5.82 Å². The first kappa shape index (κ1) is 17.1. The van der Waals surface area contributed by atoms with E-state index in [2.05, 4.69) is 5.32 Å². The fourth-order valence-electron chi connectivity index (χ4n) is 1.85. The molecular formula is C15H21FN2O3. The minimum absolute atomic E-state index is 0.0635. The van der Waals surface area contributed by atoms with Gasteiger partial charge in [-0.25, -0.2) is 4.39 Å². The van der Waals surface area contributed by atoms with Crippen molar-refractivity contribution in [2.24, 2.45) is 0 Å². The first-order valence-electron chi connectivity index (χ1n) is 6.78. The van der Waals surface area contributed by atoms with Crippen molar-refractivity contribution in [3.63, 3.8) is 0 Å². The Balaban J connectivity index is 2.33. The molecule has 0 aromatic heterocycles. The maximum Gasteiger partial charge on any atom is 0.224 e. The lowest BCUT2D eigenvalue weighted by Crippen LogP contribution is -2.39. The molecule has 0 bridgehead atoms. The van der Waals surface area contributed by atoms with Crippen molar-refractivity contribution in [1.29, 1.82) is 0 Å². The number of halogens is 1. The number of carbonyl (C=O) groups is 2. The molecule has 0 unspecified atom stereocenters. The molecule has 0 aliphatic carbocycles. The number of nitrogens with one attached hydrogen (secondary N) is 1. The summed E-state index contributed by atoms with van der Waals surface area (Å²) >= 11 is 0. The maximum absolute atomic E-state index is 13.0. The fourth-order valence-corrected chi connectivity index (χ4v) is 1.85. The Bertz CT molecular complexity index is 480. The molecule has 2 amide bonds. The molecule has 0 aliphatic rings. The normalized spacial score (nSPS) is 10.2. The average Bonchev–Trinajstić information content (AvgIpc) is 2.42. The zero-order chi connectivity index (χ0) is 15.7. The molecule has 6 heteroatoms. The molecule has 5 nitrogen and oxygen atoms in total. The predicted molar refractivity (Wildman–Crippen MR) is 77.2 cm³/mol. The summed E-state index contributed by atoms with van der Waals surface area (Å²) in [5.74, 6) is -0.620. The summed E-state index contributed by atoms with van der Waals surface area (Å²) < 4.78 is 17.9. The second kappa shape index (κ2) is 9.07. The van der Waals surface area contributed by atoms with Gasteiger partial charge in [0.15, 0.2) is 0 Å². The minimum Gasteiger partial charge on any atom is -0.383 e. The zero-order valence-electron chi connectivity index (χ0n) is 12.4. The third-order valence-corrected chi connectivity index (χ3v) is 2.97. The van der Waals surface area contributed by atoms with Crippen LogP contribution < -0.4 is 5.32 Å². The van der Waals surface area contributed by atoms with Gasteiger partial charge in [0.1, 0.15) is 5.82 Å². The first-order chi connectivity index (χ1) is 10.0. The lowest BCUT2D eigenvalue weighted by atomic mass is 10.1. The van der Waals surface area contributed by atoms with Crippen molar-refractivity contribution in [2.45, 2.75) is 13.3 Å². The molecule has 0 saturated carbocycles. The fraction of sp³-hybridized carbons (Fsp3) is 0.467. The molecule has 1 aromatic rings. The number of hydrogen-bond donors (Lipinski definition) is 1. The maximum atomic E-state index is 13.0. The molecule has 0 fully saturated rings. The monoisotopic (exact) mass is 296 g/mol. The van der Waals surface area contributed by atoms with Gasteiger partial charge in [-0.05, 0) is 17.7 Å². The van der Waals surface area contributed by atoms with E-state index in [4.69, 9.17) is 4.74 Å². The van der Waals surface area contributed by atoms with Gasteiger partial charge in [-0.15, -0.1) is 0 Å². The Morgan fingerprint density at radius 3 is 2.71 bits per heavy atom. The first-order valence-corrected chi connectivity index (χ1v) is 6.78. The van der Waals surface area contributed by atoms with E-state index in [1.165, 1.54) is 19.1 Å². The highest BCUT2D eigenvalue weighted by molar-refractivity contribution is 5.78. The van der Waals surface area contributed by atoms with Gasteiger partial charge in [-0.3, -0.25) is 9.59 Å². The van der Waals surface area contributed by atoms with E-state index in [1.807, 2.05) is 0 Å². The van der Waals surface area contributed by atoms with Crippen LogP contribution in [0.2, 0.25) is 0 Å². The molecule has 0 radical (unpaired) electrons. The summed E-state index contributed by atoms with van der Waals surface area (Å²) in [7, 11) is 1.57. The number of rotatable bonds is 8. The van der Waals surface area contributed by atoms with E-state index in [0.29, 0.717) is 31.8 Å². The van der Waals surface area contributed by atoms with Gasteiger partial charge in [-0.2, -0.15) is 0 Å². The van der Waals surface area contributed by atoms with Crippen molar-refractivity contribution in [3.8, 4) is 0 Å². The number of nitrogens with zero attached hydrogens (tertiary/aromatic N) is 1. The molecule has 1 rings (SSSR count). The molecule has 116 valence electrons. The Morgan fingerprint density at radius 2 is 2.10 bits per heavy atom. The van der Waals surface area contributed by atoms with Gasteiger partial charge in [0.05, 0.1) is 13.0 Å². The number of benzene rings is 1. The number of amides is 2. The van der Waals surface area contributed by atoms with E-state index in [1.54, 1.807) is 24.1 Å². The summed E-state index contributed by atoms with van der Waals surface area (Å²) in [5, 5.41) is 2.72. The van der Waals surface area contributed by atoms with Crippen molar-refractivity contribution < 1.29 is 18.7 Å². The van der Waals surface area contributed by atoms with E-state index < -0.39 is 0 Å². The van der Waals surface area contributed by atoms with Gasteiger partial charge in [0, 0.05) is 33.7 Å². The molecule has 0 saturated heterocycles. The van der Waals surface area contributed by atoms with Gasteiger partial charge in [-0.1, -0.05) is 12.1 Å². The van der Waals surface area contributed by atoms with Crippen molar-refractivity contribution in [1.82, 2.24) is 10.2 Å². The summed E-state index contributed by atoms with van der Waals surface area (Å²) in [5.41, 5.74) is 0.621. The second-order valence-corrected chi connectivity index (χ2v) is 4.66. The van der Waals surface area contributed by atoms with Crippen molar-refractivity contribution >= 4 is 11.8 Å². The Labute approximate surface area is 124 Å². The van der Waals surface area contributed by atoms with E-state index >= 15 is 0 Å². The molecule has 0 heterocycles. The predicted octanol–water partition coefficient (Wildman–Crippen LogP) is 0.979. The van der Waals surface area contributed by atoms with E-state index in [9.17, 15) is 14.0 Å². The number of hydrogen-bond acceptors (Lipinski definition) is 3. The van der Waals surface area contributed by atoms with Crippen LogP contribution in [0.5, 0.6) is 0 Å². The van der Waals surface area contributed by atoms with Crippen LogP contribution in [0.3, 0.4) is 0 Å². The molecule has 21 heavy (non-hydrogen) atoms. The Morgan fingerprint density at radius 1 is 1.33 bits per heavy atom. The third-order valence-electron chi connectivity index (χ3n) is 2.97. The third kappa shape index (κ3) is 6.85. The van der Waals surface area contributed by atoms with Gasteiger partial charge in [0.2, 0.25) is 11.8 Å². The molecule has 0 atom stereocenters. The topological polar surface area (TPSA) is 58.6 Å². The molecule has 0 spiro atoms. The SMILES string of the molecule is COCCN(CCNC(=O)Cc1cccc(F)c1)C(C)=O. The summed E-state index contributed by atoms with van der Waals surface area (Å²) in [6.45, 7) is 3.21. The van der Waals surface area contributed by atoms with Gasteiger partial charge >= 0.3 is 0 Å². The van der Waals surface area contributed by atoms with Crippen LogP contribution in [-0.4, -0.2) is 50.1 Å². The minimum atomic E-state index is -0.359. The van der Waals surface area contributed by atoms with Crippen LogP contribution in [0.4, 0.5) is 4.39 Å². The molecule has 0 aliphatic heterocycles. The number of ether oxygens (including phenoxy) is 1. The molecular weight excluding hydrogens is 275 g/mol. The molecule has 1 aromatic carbocycles. The smallest absolute Gasteiger partial charge is 0.224 e. The number of carbonyl (C=O) groups excluding carboxylic acids is 2. The quantitative estimate of drug-likeness (QED) is 0.778. The lowest BCUT2D eigenvalue weighted by molar-refractivity contribution is -0.130. The highest BCUT2D eigenvalue weighted by atomic mass is 19.1. The standard InChI is InChI=1S/C15H21FN2O3/c1-12(19)18(8-9-21-2)7-6-17-15(20)11-13-4-3-5-14(16)10-13/h3-5,10H,6-9,11H2,1-2H3,(H,17,20). The highest BCUT2D eigenvalue weighted by Crippen LogP contribution is 2.03. The van der Waals surface area contributed by atoms with Crippen LogP contribution in [-0.2, 0) is 20.7 Å². The van der Waals surface area contributed by atoms with Crippen molar-refractivity contribution in [2.75, 3.05) is 33.4 Å². The Kier molecular flexibility index (Phi) is 7.39. The molecule has 1 N–H and O–H groups in total. The van der Waals surface area contributed by atoms with Crippen LogP contribution >= 0.6 is 0 Å².